The summed E-state index contributed by atoms with van der Waals surface area (Å²) in [6.07, 6.45) is 1.28. The smallest absolute Gasteiger partial charge is 0.294 e. The SMILES string of the molecule is O=C(CN1C(=O)S/C(=C/c2ccccc2[N+](=O)[O-])C1=O)Nc1ccc(Cl)cc1. The fraction of sp³-hybridized carbons (Fsp3) is 0.0556. The molecule has 1 fully saturated rings. The van der Waals surface area contributed by atoms with E-state index in [1.807, 2.05) is 0 Å². The Kier molecular flexibility index (Phi) is 5.76. The molecule has 0 saturated carbocycles. The molecule has 3 amide bonds. The highest BCUT2D eigenvalue weighted by atomic mass is 35.5. The maximum absolute atomic E-state index is 12.5. The number of para-hydroxylation sites is 1. The summed E-state index contributed by atoms with van der Waals surface area (Å²) in [5.74, 6) is -1.24. The molecule has 0 atom stereocenters. The van der Waals surface area contributed by atoms with E-state index in [9.17, 15) is 24.5 Å². The Morgan fingerprint density at radius 3 is 2.54 bits per heavy atom. The van der Waals surface area contributed by atoms with Gasteiger partial charge >= 0.3 is 0 Å². The normalized spacial score (nSPS) is 15.2. The summed E-state index contributed by atoms with van der Waals surface area (Å²) in [4.78, 5) is 48.1. The van der Waals surface area contributed by atoms with E-state index in [2.05, 4.69) is 5.32 Å². The molecule has 1 N–H and O–H groups in total. The van der Waals surface area contributed by atoms with Gasteiger partial charge in [0.2, 0.25) is 5.91 Å². The highest BCUT2D eigenvalue weighted by Crippen LogP contribution is 2.33. The number of thioether (sulfide) groups is 1. The number of anilines is 1. The molecule has 2 aromatic rings. The third kappa shape index (κ3) is 4.38. The number of halogens is 1. The number of nitro benzene ring substituents is 1. The fourth-order valence-electron chi connectivity index (χ4n) is 2.43. The molecule has 1 aliphatic rings. The van der Waals surface area contributed by atoms with Crippen LogP contribution < -0.4 is 5.32 Å². The van der Waals surface area contributed by atoms with Crippen molar-refractivity contribution in [2.24, 2.45) is 0 Å². The van der Waals surface area contributed by atoms with Gasteiger partial charge in [-0.25, -0.2) is 0 Å². The number of carbonyl (C=O) groups is 3. The summed E-state index contributed by atoms with van der Waals surface area (Å²) in [6.45, 7) is -0.471. The molecule has 28 heavy (non-hydrogen) atoms. The lowest BCUT2D eigenvalue weighted by Crippen LogP contribution is -2.36. The lowest BCUT2D eigenvalue weighted by Gasteiger charge is -2.12. The summed E-state index contributed by atoms with van der Waals surface area (Å²) < 4.78 is 0. The zero-order valence-electron chi connectivity index (χ0n) is 14.1. The molecule has 0 unspecified atom stereocenters. The molecule has 1 heterocycles. The van der Waals surface area contributed by atoms with Gasteiger partial charge in [0.1, 0.15) is 6.54 Å². The topological polar surface area (TPSA) is 110 Å². The van der Waals surface area contributed by atoms with Crippen LogP contribution in [0.2, 0.25) is 5.02 Å². The van der Waals surface area contributed by atoms with Crippen molar-refractivity contribution < 1.29 is 19.3 Å². The van der Waals surface area contributed by atoms with Gasteiger partial charge in [-0.15, -0.1) is 0 Å². The number of rotatable bonds is 5. The quantitative estimate of drug-likeness (QED) is 0.448. The van der Waals surface area contributed by atoms with Gasteiger partial charge in [-0.3, -0.25) is 29.4 Å². The maximum Gasteiger partial charge on any atom is 0.294 e. The molecule has 0 spiro atoms. The van der Waals surface area contributed by atoms with E-state index in [4.69, 9.17) is 11.6 Å². The van der Waals surface area contributed by atoms with Gasteiger partial charge < -0.3 is 5.32 Å². The third-order valence-electron chi connectivity index (χ3n) is 3.72. The second kappa shape index (κ2) is 8.24. The number of carbonyl (C=O) groups excluding carboxylic acids is 3. The van der Waals surface area contributed by atoms with Crippen LogP contribution in [0.25, 0.3) is 6.08 Å². The number of nitro groups is 1. The van der Waals surface area contributed by atoms with E-state index < -0.39 is 28.5 Å². The van der Waals surface area contributed by atoms with Crippen LogP contribution in [0.15, 0.2) is 53.4 Å². The Morgan fingerprint density at radius 1 is 1.18 bits per heavy atom. The lowest BCUT2D eigenvalue weighted by atomic mass is 10.1. The molecule has 142 valence electrons. The average Bonchev–Trinajstić information content (AvgIpc) is 2.91. The van der Waals surface area contributed by atoms with E-state index in [0.717, 1.165) is 4.90 Å². The number of amides is 3. The summed E-state index contributed by atoms with van der Waals surface area (Å²) in [5.41, 5.74) is 0.482. The fourth-order valence-corrected chi connectivity index (χ4v) is 3.39. The second-order valence-electron chi connectivity index (χ2n) is 5.64. The predicted molar refractivity (Wildman–Crippen MR) is 106 cm³/mol. The number of benzene rings is 2. The standard InChI is InChI=1S/C18H12ClN3O5S/c19-12-5-7-13(8-6-12)20-16(23)10-21-17(24)15(28-18(21)25)9-11-3-1-2-4-14(11)22(26)27/h1-9H,10H2,(H,20,23)/b15-9+. The number of hydrogen-bond donors (Lipinski definition) is 1. The van der Waals surface area contributed by atoms with Gasteiger partial charge in [0.25, 0.3) is 16.8 Å². The Balaban J connectivity index is 1.74. The molecule has 10 heteroatoms. The number of nitrogens with zero attached hydrogens (tertiary/aromatic N) is 2. The molecule has 0 aromatic heterocycles. The number of hydrogen-bond acceptors (Lipinski definition) is 6. The van der Waals surface area contributed by atoms with Crippen LogP contribution in [-0.2, 0) is 9.59 Å². The van der Waals surface area contributed by atoms with Crippen LogP contribution in [-0.4, -0.2) is 33.4 Å². The monoisotopic (exact) mass is 417 g/mol. The Bertz CT molecular complexity index is 1010. The molecule has 1 saturated heterocycles. The van der Waals surface area contributed by atoms with Gasteiger partial charge in [-0.1, -0.05) is 23.7 Å². The Labute approximate surface area is 168 Å². The highest BCUT2D eigenvalue weighted by molar-refractivity contribution is 8.18. The molecule has 2 aromatic carbocycles. The van der Waals surface area contributed by atoms with Crippen LogP contribution in [0.1, 0.15) is 5.56 Å². The van der Waals surface area contributed by atoms with Crippen LogP contribution in [0.3, 0.4) is 0 Å². The Hall–Kier alpha value is -3.17. The van der Waals surface area contributed by atoms with Crippen LogP contribution in [0, 0.1) is 10.1 Å². The van der Waals surface area contributed by atoms with Crippen LogP contribution in [0.4, 0.5) is 16.2 Å². The molecule has 0 radical (unpaired) electrons. The third-order valence-corrected chi connectivity index (χ3v) is 4.88. The molecule has 0 aliphatic carbocycles. The predicted octanol–water partition coefficient (Wildman–Crippen LogP) is 3.92. The summed E-state index contributed by atoms with van der Waals surface area (Å²) in [6, 6.07) is 12.2. The second-order valence-corrected chi connectivity index (χ2v) is 7.07. The molecule has 3 rings (SSSR count). The molecule has 8 nitrogen and oxygen atoms in total. The average molecular weight is 418 g/mol. The zero-order chi connectivity index (χ0) is 20.3. The molecule has 1 aliphatic heterocycles. The summed E-state index contributed by atoms with van der Waals surface area (Å²) >= 11 is 6.40. The zero-order valence-corrected chi connectivity index (χ0v) is 15.7. The van der Waals surface area contributed by atoms with E-state index in [-0.39, 0.29) is 16.2 Å². The van der Waals surface area contributed by atoms with E-state index in [1.165, 1.54) is 24.3 Å². The van der Waals surface area contributed by atoms with E-state index in [0.29, 0.717) is 22.5 Å². The van der Waals surface area contributed by atoms with Crippen molar-refractivity contribution in [3.05, 3.63) is 74.1 Å². The van der Waals surface area contributed by atoms with Gasteiger partial charge in [-0.2, -0.15) is 0 Å². The lowest BCUT2D eigenvalue weighted by molar-refractivity contribution is -0.385. The van der Waals surface area contributed by atoms with Crippen molar-refractivity contribution in [1.82, 2.24) is 4.90 Å². The maximum atomic E-state index is 12.5. The molecular weight excluding hydrogens is 406 g/mol. The van der Waals surface area contributed by atoms with Gasteiger partial charge in [0.15, 0.2) is 0 Å². The highest BCUT2D eigenvalue weighted by Gasteiger charge is 2.36. The minimum atomic E-state index is -0.681. The minimum absolute atomic E-state index is 0.0126. The van der Waals surface area contributed by atoms with Crippen LogP contribution in [0.5, 0.6) is 0 Å². The Morgan fingerprint density at radius 2 is 1.86 bits per heavy atom. The van der Waals surface area contributed by atoms with Gasteiger partial charge in [-0.05, 0) is 48.2 Å². The van der Waals surface area contributed by atoms with Crippen molar-refractivity contribution in [2.45, 2.75) is 0 Å². The number of imide groups is 1. The summed E-state index contributed by atoms with van der Waals surface area (Å²) in [7, 11) is 0. The largest absolute Gasteiger partial charge is 0.325 e. The van der Waals surface area contributed by atoms with E-state index >= 15 is 0 Å². The first-order chi connectivity index (χ1) is 13.3. The van der Waals surface area contributed by atoms with Crippen molar-refractivity contribution >= 4 is 57.9 Å². The van der Waals surface area contributed by atoms with Crippen molar-refractivity contribution in [3.8, 4) is 0 Å². The minimum Gasteiger partial charge on any atom is -0.325 e. The number of nitrogens with one attached hydrogen (secondary N) is 1. The first-order valence-corrected chi connectivity index (χ1v) is 9.09. The molecule has 0 bridgehead atoms. The first kappa shape index (κ1) is 19.6. The first-order valence-electron chi connectivity index (χ1n) is 7.89. The van der Waals surface area contributed by atoms with Crippen molar-refractivity contribution in [3.63, 3.8) is 0 Å². The molecular formula is C18H12ClN3O5S. The summed E-state index contributed by atoms with van der Waals surface area (Å²) in [5, 5.41) is 13.5. The van der Waals surface area contributed by atoms with Crippen molar-refractivity contribution in [2.75, 3.05) is 11.9 Å². The van der Waals surface area contributed by atoms with Gasteiger partial charge in [0, 0.05) is 16.8 Å². The van der Waals surface area contributed by atoms with E-state index in [1.54, 1.807) is 30.3 Å². The van der Waals surface area contributed by atoms with Crippen LogP contribution >= 0.6 is 23.4 Å². The van der Waals surface area contributed by atoms with Gasteiger partial charge in [0.05, 0.1) is 15.4 Å². The van der Waals surface area contributed by atoms with Crippen molar-refractivity contribution in [1.29, 1.82) is 0 Å².